The molecule has 178 valence electrons. The standard InChI is InChI=1S/C30H24N2O4/c33-27(21-9-3-1-4-10-21)25-15-7-13-23(29(25)35)19-31-17-18-32-20-24-14-8-16-26(30(24)36)28(34)22-11-5-2-6-12-22/h1-16,19-20,35-36H,17-18H2. The van der Waals surface area contributed by atoms with Crippen LogP contribution in [-0.4, -0.2) is 47.3 Å². The molecule has 0 radical (unpaired) electrons. The number of hydrogen-bond acceptors (Lipinski definition) is 6. The van der Waals surface area contributed by atoms with E-state index in [9.17, 15) is 19.8 Å². The number of carbonyl (C=O) groups is 2. The Balaban J connectivity index is 1.39. The molecule has 0 amide bonds. The Hall–Kier alpha value is -4.84. The van der Waals surface area contributed by atoms with Crippen molar-refractivity contribution in [2.24, 2.45) is 9.98 Å². The van der Waals surface area contributed by atoms with Gasteiger partial charge in [0.15, 0.2) is 11.6 Å². The molecule has 0 spiro atoms. The van der Waals surface area contributed by atoms with E-state index in [1.54, 1.807) is 84.9 Å². The summed E-state index contributed by atoms with van der Waals surface area (Å²) in [6.45, 7) is 0.659. The predicted octanol–water partition coefficient (Wildman–Crippen LogP) is 5.10. The van der Waals surface area contributed by atoms with Crippen LogP contribution in [0.2, 0.25) is 0 Å². The second kappa shape index (κ2) is 11.5. The van der Waals surface area contributed by atoms with Gasteiger partial charge in [-0.25, -0.2) is 0 Å². The highest BCUT2D eigenvalue weighted by Gasteiger charge is 2.16. The summed E-state index contributed by atoms with van der Waals surface area (Å²) in [4.78, 5) is 33.9. The van der Waals surface area contributed by atoms with Crippen molar-refractivity contribution in [3.05, 3.63) is 130 Å². The third-order valence-corrected chi connectivity index (χ3v) is 5.51. The summed E-state index contributed by atoms with van der Waals surface area (Å²) in [5.41, 5.74) is 2.28. The van der Waals surface area contributed by atoms with Crippen LogP contribution in [0.3, 0.4) is 0 Å². The quantitative estimate of drug-likeness (QED) is 0.199. The highest BCUT2D eigenvalue weighted by molar-refractivity contribution is 6.12. The SMILES string of the molecule is O=C(c1ccccc1)c1cccc(C=NCCN=Cc2cccc(C(=O)c3ccccc3)c2O)c1O. The number of nitrogens with zero attached hydrogens (tertiary/aromatic N) is 2. The lowest BCUT2D eigenvalue weighted by Crippen LogP contribution is -2.03. The lowest BCUT2D eigenvalue weighted by Gasteiger charge is -2.06. The fourth-order valence-electron chi connectivity index (χ4n) is 3.63. The van der Waals surface area contributed by atoms with E-state index in [1.165, 1.54) is 12.4 Å². The molecule has 0 aliphatic carbocycles. The molecule has 0 saturated carbocycles. The van der Waals surface area contributed by atoms with E-state index in [1.807, 2.05) is 12.1 Å². The summed E-state index contributed by atoms with van der Waals surface area (Å²) < 4.78 is 0. The second-order valence-electron chi connectivity index (χ2n) is 7.95. The summed E-state index contributed by atoms with van der Waals surface area (Å²) in [6, 6.07) is 27.4. The van der Waals surface area contributed by atoms with Gasteiger partial charge in [-0.05, 0) is 24.3 Å². The van der Waals surface area contributed by atoms with E-state index in [0.29, 0.717) is 35.3 Å². The van der Waals surface area contributed by atoms with Gasteiger partial charge < -0.3 is 10.2 Å². The minimum atomic E-state index is -0.263. The summed E-state index contributed by atoms with van der Waals surface area (Å²) in [6.07, 6.45) is 3.01. The summed E-state index contributed by atoms with van der Waals surface area (Å²) in [5.74, 6) is -0.770. The molecular formula is C30H24N2O4. The first-order valence-corrected chi connectivity index (χ1v) is 11.4. The number of phenolic OH excluding ortho intramolecular Hbond substituents is 2. The molecular weight excluding hydrogens is 452 g/mol. The van der Waals surface area contributed by atoms with Gasteiger partial charge in [-0.1, -0.05) is 72.8 Å². The predicted molar refractivity (Wildman–Crippen MR) is 141 cm³/mol. The topological polar surface area (TPSA) is 99.3 Å². The number of phenols is 2. The van der Waals surface area contributed by atoms with Crippen LogP contribution < -0.4 is 0 Å². The third-order valence-electron chi connectivity index (χ3n) is 5.51. The van der Waals surface area contributed by atoms with E-state index in [2.05, 4.69) is 9.98 Å². The average molecular weight is 477 g/mol. The highest BCUT2D eigenvalue weighted by Crippen LogP contribution is 2.25. The van der Waals surface area contributed by atoms with E-state index >= 15 is 0 Å². The first-order valence-electron chi connectivity index (χ1n) is 11.4. The van der Waals surface area contributed by atoms with E-state index in [0.717, 1.165) is 0 Å². The molecule has 4 rings (SSSR count). The molecule has 0 unspecified atom stereocenters. The normalized spacial score (nSPS) is 11.2. The van der Waals surface area contributed by atoms with Gasteiger partial charge in [-0.3, -0.25) is 19.6 Å². The lowest BCUT2D eigenvalue weighted by molar-refractivity contribution is 0.102. The van der Waals surface area contributed by atoms with Crippen LogP contribution in [0, 0.1) is 0 Å². The molecule has 0 aliphatic rings. The van der Waals surface area contributed by atoms with Gasteiger partial charge in [0.25, 0.3) is 0 Å². The molecule has 4 aromatic rings. The van der Waals surface area contributed by atoms with Crippen molar-refractivity contribution < 1.29 is 19.8 Å². The van der Waals surface area contributed by atoms with Crippen LogP contribution in [0.25, 0.3) is 0 Å². The molecule has 2 N–H and O–H groups in total. The van der Waals surface area contributed by atoms with Crippen LogP contribution in [0.4, 0.5) is 0 Å². The Morgan fingerprint density at radius 2 is 0.944 bits per heavy atom. The van der Waals surface area contributed by atoms with Gasteiger partial charge in [-0.15, -0.1) is 0 Å². The zero-order chi connectivity index (χ0) is 25.3. The third kappa shape index (κ3) is 5.62. The van der Waals surface area contributed by atoms with Crippen molar-refractivity contribution in [1.29, 1.82) is 0 Å². The Labute approximate surface area is 208 Å². The molecule has 0 heterocycles. The van der Waals surface area contributed by atoms with Crippen molar-refractivity contribution in [2.45, 2.75) is 0 Å². The molecule has 0 saturated heterocycles. The number of rotatable bonds is 9. The highest BCUT2D eigenvalue weighted by atomic mass is 16.3. The number of ketones is 2. The molecule has 0 fully saturated rings. The van der Waals surface area contributed by atoms with E-state index in [4.69, 9.17) is 0 Å². The van der Waals surface area contributed by atoms with Crippen molar-refractivity contribution in [1.82, 2.24) is 0 Å². The van der Waals surface area contributed by atoms with Crippen LogP contribution >= 0.6 is 0 Å². The molecule has 36 heavy (non-hydrogen) atoms. The fourth-order valence-corrected chi connectivity index (χ4v) is 3.63. The fraction of sp³-hybridized carbons (Fsp3) is 0.0667. The summed E-state index contributed by atoms with van der Waals surface area (Å²) >= 11 is 0. The summed E-state index contributed by atoms with van der Waals surface area (Å²) in [7, 11) is 0. The van der Waals surface area contributed by atoms with Crippen molar-refractivity contribution in [3.8, 4) is 11.5 Å². The molecule has 6 heteroatoms. The monoisotopic (exact) mass is 476 g/mol. The molecule has 0 bridgehead atoms. The number of aromatic hydroxyl groups is 2. The second-order valence-corrected chi connectivity index (χ2v) is 7.95. The van der Waals surface area contributed by atoms with Crippen LogP contribution in [0.15, 0.2) is 107 Å². The summed E-state index contributed by atoms with van der Waals surface area (Å²) in [5, 5.41) is 21.1. The van der Waals surface area contributed by atoms with E-state index < -0.39 is 0 Å². The average Bonchev–Trinajstić information content (AvgIpc) is 2.92. The van der Waals surface area contributed by atoms with Crippen LogP contribution in [0.1, 0.15) is 43.0 Å². The first-order chi connectivity index (χ1) is 17.6. The largest absolute Gasteiger partial charge is 0.506 e. The van der Waals surface area contributed by atoms with Gasteiger partial charge in [0.05, 0.1) is 24.2 Å². The number of aliphatic imine (C=N–C) groups is 2. The zero-order valence-corrected chi connectivity index (χ0v) is 19.4. The van der Waals surface area contributed by atoms with Gasteiger partial charge >= 0.3 is 0 Å². The van der Waals surface area contributed by atoms with Crippen LogP contribution in [-0.2, 0) is 0 Å². The maximum Gasteiger partial charge on any atom is 0.196 e. The maximum atomic E-state index is 12.7. The minimum Gasteiger partial charge on any atom is -0.506 e. The maximum absolute atomic E-state index is 12.7. The number of carbonyl (C=O) groups excluding carboxylic acids is 2. The van der Waals surface area contributed by atoms with Gasteiger partial charge in [-0.2, -0.15) is 0 Å². The van der Waals surface area contributed by atoms with Gasteiger partial charge in [0, 0.05) is 34.7 Å². The molecule has 4 aromatic carbocycles. The van der Waals surface area contributed by atoms with Crippen LogP contribution in [0.5, 0.6) is 11.5 Å². The zero-order valence-electron chi connectivity index (χ0n) is 19.4. The number of hydrogen-bond donors (Lipinski definition) is 2. The Morgan fingerprint density at radius 1 is 0.556 bits per heavy atom. The Bertz CT molecular complexity index is 1320. The lowest BCUT2D eigenvalue weighted by atomic mass is 10.0. The van der Waals surface area contributed by atoms with Crippen molar-refractivity contribution in [3.63, 3.8) is 0 Å². The smallest absolute Gasteiger partial charge is 0.196 e. The Morgan fingerprint density at radius 3 is 1.33 bits per heavy atom. The van der Waals surface area contributed by atoms with E-state index in [-0.39, 0.29) is 34.2 Å². The number of benzene rings is 4. The number of para-hydroxylation sites is 2. The van der Waals surface area contributed by atoms with Crippen molar-refractivity contribution >= 4 is 24.0 Å². The van der Waals surface area contributed by atoms with Gasteiger partial charge in [0.1, 0.15) is 11.5 Å². The molecule has 0 aromatic heterocycles. The van der Waals surface area contributed by atoms with Crippen molar-refractivity contribution in [2.75, 3.05) is 13.1 Å². The molecule has 6 nitrogen and oxygen atoms in total. The molecule has 0 atom stereocenters. The first kappa shape index (κ1) is 24.3. The Kier molecular flexibility index (Phi) is 7.78. The molecule has 0 aliphatic heterocycles. The minimum absolute atomic E-state index is 0.122. The van der Waals surface area contributed by atoms with Gasteiger partial charge in [0.2, 0.25) is 0 Å².